The van der Waals surface area contributed by atoms with Crippen LogP contribution in [0.15, 0.2) is 42.5 Å². The lowest BCUT2D eigenvalue weighted by Crippen LogP contribution is -2.41. The summed E-state index contributed by atoms with van der Waals surface area (Å²) >= 11 is 5.99. The summed E-state index contributed by atoms with van der Waals surface area (Å²) in [5.74, 6) is -1.37. The van der Waals surface area contributed by atoms with Gasteiger partial charge in [-0.05, 0) is 43.7 Å². The van der Waals surface area contributed by atoms with Gasteiger partial charge in [0.05, 0.1) is 23.3 Å². The summed E-state index contributed by atoms with van der Waals surface area (Å²) in [6.45, 7) is 3.35. The van der Waals surface area contributed by atoms with Gasteiger partial charge in [-0.15, -0.1) is 0 Å². The Bertz CT molecular complexity index is 851. The first-order valence-electron chi connectivity index (χ1n) is 7.88. The highest BCUT2D eigenvalue weighted by molar-refractivity contribution is 6.33. The minimum Gasteiger partial charge on any atom is -0.465 e. The molecular weight excluding hydrogens is 356 g/mol. The van der Waals surface area contributed by atoms with Crippen molar-refractivity contribution in [3.63, 3.8) is 0 Å². The summed E-state index contributed by atoms with van der Waals surface area (Å²) in [5.41, 5.74) is 1.85. The molecule has 0 heterocycles. The number of benzene rings is 2. The number of ether oxygens (including phenoxy) is 1. The molecule has 0 aromatic heterocycles. The van der Waals surface area contributed by atoms with E-state index in [0.717, 1.165) is 5.56 Å². The number of carbonyl (C=O) groups is 3. The number of amides is 2. The fraction of sp³-hybridized carbons (Fsp3) is 0.211. The molecule has 136 valence electrons. The van der Waals surface area contributed by atoms with E-state index in [9.17, 15) is 14.4 Å². The fourth-order valence-electron chi connectivity index (χ4n) is 2.23. The molecule has 0 spiro atoms. The van der Waals surface area contributed by atoms with Gasteiger partial charge in [-0.25, -0.2) is 4.79 Å². The number of rotatable bonds is 5. The summed E-state index contributed by atoms with van der Waals surface area (Å²) < 4.78 is 4.68. The van der Waals surface area contributed by atoms with Gasteiger partial charge in [-0.2, -0.15) is 0 Å². The zero-order valence-corrected chi connectivity index (χ0v) is 15.4. The summed E-state index contributed by atoms with van der Waals surface area (Å²) in [4.78, 5) is 36.3. The number of hydrogen-bond acceptors (Lipinski definition) is 4. The molecule has 26 heavy (non-hydrogen) atoms. The van der Waals surface area contributed by atoms with Gasteiger partial charge in [-0.1, -0.05) is 29.8 Å². The molecule has 0 saturated carbocycles. The Morgan fingerprint density at radius 3 is 2.46 bits per heavy atom. The first-order chi connectivity index (χ1) is 12.3. The zero-order valence-electron chi connectivity index (χ0n) is 14.6. The Morgan fingerprint density at radius 1 is 1.12 bits per heavy atom. The van der Waals surface area contributed by atoms with Crippen LogP contribution < -0.4 is 10.6 Å². The van der Waals surface area contributed by atoms with E-state index in [1.807, 2.05) is 0 Å². The SMILES string of the molecule is COC(=O)c1ccc(C)c(NC(=O)[C@H](C)NC(=O)c2ccccc2Cl)c1. The number of hydrogen-bond donors (Lipinski definition) is 2. The van der Waals surface area contributed by atoms with E-state index >= 15 is 0 Å². The molecule has 1 atom stereocenters. The molecular formula is C19H19ClN2O4. The van der Waals surface area contributed by atoms with Crippen LogP contribution >= 0.6 is 11.6 Å². The third kappa shape index (κ3) is 4.61. The number of methoxy groups -OCH3 is 1. The highest BCUT2D eigenvalue weighted by Gasteiger charge is 2.19. The van der Waals surface area contributed by atoms with Gasteiger partial charge in [0.1, 0.15) is 6.04 Å². The molecule has 2 rings (SSSR count). The largest absolute Gasteiger partial charge is 0.465 e. The van der Waals surface area contributed by atoms with Gasteiger partial charge < -0.3 is 15.4 Å². The minimum atomic E-state index is -0.806. The van der Waals surface area contributed by atoms with Crippen molar-refractivity contribution in [2.45, 2.75) is 19.9 Å². The van der Waals surface area contributed by atoms with E-state index in [4.69, 9.17) is 11.6 Å². The van der Waals surface area contributed by atoms with E-state index in [0.29, 0.717) is 16.3 Å². The van der Waals surface area contributed by atoms with Crippen LogP contribution in [0.4, 0.5) is 5.69 Å². The first-order valence-corrected chi connectivity index (χ1v) is 8.26. The van der Waals surface area contributed by atoms with Gasteiger partial charge in [0, 0.05) is 5.69 Å². The lowest BCUT2D eigenvalue weighted by molar-refractivity contribution is -0.117. The van der Waals surface area contributed by atoms with Crippen molar-refractivity contribution >= 4 is 35.1 Å². The number of halogens is 1. The molecule has 0 saturated heterocycles. The normalized spacial score (nSPS) is 11.4. The van der Waals surface area contributed by atoms with E-state index in [2.05, 4.69) is 15.4 Å². The van der Waals surface area contributed by atoms with Gasteiger partial charge in [0.2, 0.25) is 5.91 Å². The van der Waals surface area contributed by atoms with E-state index in [1.165, 1.54) is 13.2 Å². The molecule has 0 aliphatic heterocycles. The molecule has 0 radical (unpaired) electrons. The van der Waals surface area contributed by atoms with Crippen LogP contribution in [0.2, 0.25) is 5.02 Å². The number of carbonyl (C=O) groups excluding carboxylic acids is 3. The number of aryl methyl sites for hydroxylation is 1. The smallest absolute Gasteiger partial charge is 0.337 e. The number of nitrogens with one attached hydrogen (secondary N) is 2. The van der Waals surface area contributed by atoms with Crippen molar-refractivity contribution in [1.82, 2.24) is 5.32 Å². The molecule has 2 aromatic carbocycles. The van der Waals surface area contributed by atoms with Crippen LogP contribution in [0.3, 0.4) is 0 Å². The zero-order chi connectivity index (χ0) is 19.3. The van der Waals surface area contributed by atoms with Crippen molar-refractivity contribution in [3.8, 4) is 0 Å². The van der Waals surface area contributed by atoms with E-state index < -0.39 is 23.8 Å². The third-order valence-electron chi connectivity index (χ3n) is 3.78. The maximum Gasteiger partial charge on any atom is 0.337 e. The maximum atomic E-state index is 12.4. The standard InChI is InChI=1S/C19H19ClN2O4/c1-11-8-9-13(19(25)26-3)10-16(11)22-17(23)12(2)21-18(24)14-6-4-5-7-15(14)20/h4-10,12H,1-3H3,(H,21,24)(H,22,23)/t12-/m0/s1. The highest BCUT2D eigenvalue weighted by Crippen LogP contribution is 2.18. The molecule has 0 bridgehead atoms. The van der Waals surface area contributed by atoms with Crippen LogP contribution in [-0.2, 0) is 9.53 Å². The average molecular weight is 375 g/mol. The van der Waals surface area contributed by atoms with Crippen molar-refractivity contribution in [3.05, 3.63) is 64.2 Å². The van der Waals surface area contributed by atoms with Crippen LogP contribution in [0.25, 0.3) is 0 Å². The molecule has 2 N–H and O–H groups in total. The second-order valence-electron chi connectivity index (χ2n) is 5.69. The molecule has 0 unspecified atom stereocenters. The van der Waals surface area contributed by atoms with Crippen molar-refractivity contribution in [2.75, 3.05) is 12.4 Å². The predicted molar refractivity (Wildman–Crippen MR) is 99.5 cm³/mol. The van der Waals surface area contributed by atoms with Gasteiger partial charge in [-0.3, -0.25) is 9.59 Å². The summed E-state index contributed by atoms with van der Waals surface area (Å²) in [6.07, 6.45) is 0. The Kier molecular flexibility index (Phi) is 6.36. The van der Waals surface area contributed by atoms with Crippen LogP contribution in [0, 0.1) is 6.92 Å². The van der Waals surface area contributed by atoms with Crippen molar-refractivity contribution < 1.29 is 19.1 Å². The average Bonchev–Trinajstić information content (AvgIpc) is 2.62. The number of esters is 1. The molecule has 0 fully saturated rings. The molecule has 0 aliphatic carbocycles. The highest BCUT2D eigenvalue weighted by atomic mass is 35.5. The lowest BCUT2D eigenvalue weighted by Gasteiger charge is -2.16. The monoisotopic (exact) mass is 374 g/mol. The second-order valence-corrected chi connectivity index (χ2v) is 6.09. The predicted octanol–water partition coefficient (Wildman–Crippen LogP) is 3.19. The Balaban J connectivity index is 2.09. The Morgan fingerprint density at radius 2 is 1.81 bits per heavy atom. The van der Waals surface area contributed by atoms with Crippen LogP contribution in [-0.4, -0.2) is 30.9 Å². The van der Waals surface area contributed by atoms with E-state index in [1.54, 1.807) is 50.2 Å². The maximum absolute atomic E-state index is 12.4. The van der Waals surface area contributed by atoms with Crippen molar-refractivity contribution in [1.29, 1.82) is 0 Å². The molecule has 2 amide bonds. The Labute approximate surface area is 156 Å². The Hall–Kier alpha value is -2.86. The van der Waals surface area contributed by atoms with Crippen molar-refractivity contribution in [2.24, 2.45) is 0 Å². The van der Waals surface area contributed by atoms with Crippen LogP contribution in [0.1, 0.15) is 33.2 Å². The first kappa shape index (κ1) is 19.5. The summed E-state index contributed by atoms with van der Waals surface area (Å²) in [6, 6.07) is 10.6. The van der Waals surface area contributed by atoms with Crippen LogP contribution in [0.5, 0.6) is 0 Å². The fourth-order valence-corrected chi connectivity index (χ4v) is 2.45. The second kappa shape index (κ2) is 8.49. The third-order valence-corrected chi connectivity index (χ3v) is 4.11. The number of anilines is 1. The van der Waals surface area contributed by atoms with E-state index in [-0.39, 0.29) is 5.56 Å². The molecule has 2 aromatic rings. The molecule has 6 nitrogen and oxygen atoms in total. The van der Waals surface area contributed by atoms with Gasteiger partial charge in [0.15, 0.2) is 0 Å². The molecule has 7 heteroatoms. The summed E-state index contributed by atoms with van der Waals surface area (Å²) in [5, 5.41) is 5.61. The lowest BCUT2D eigenvalue weighted by atomic mass is 10.1. The molecule has 0 aliphatic rings. The minimum absolute atomic E-state index is 0.290. The summed E-state index contributed by atoms with van der Waals surface area (Å²) in [7, 11) is 1.28. The van der Waals surface area contributed by atoms with Gasteiger partial charge >= 0.3 is 5.97 Å². The quantitative estimate of drug-likeness (QED) is 0.787. The topological polar surface area (TPSA) is 84.5 Å². The van der Waals surface area contributed by atoms with Gasteiger partial charge in [0.25, 0.3) is 5.91 Å².